The summed E-state index contributed by atoms with van der Waals surface area (Å²) in [5.74, 6) is 1.77. The Hall–Kier alpha value is -3.01. The Bertz CT molecular complexity index is 906. The first-order valence-electron chi connectivity index (χ1n) is 9.97. The van der Waals surface area contributed by atoms with Crippen molar-refractivity contribution in [1.29, 1.82) is 0 Å². The third-order valence-corrected chi connectivity index (χ3v) is 5.24. The maximum atomic E-state index is 13.5. The van der Waals surface area contributed by atoms with Crippen LogP contribution in [-0.4, -0.2) is 39.0 Å². The van der Waals surface area contributed by atoms with Gasteiger partial charge >= 0.3 is 0 Å². The molecule has 0 atom stereocenters. The molecule has 0 aliphatic heterocycles. The summed E-state index contributed by atoms with van der Waals surface area (Å²) < 4.78 is 10.5. The number of carbonyl (C=O) groups excluding carboxylic acids is 1. The van der Waals surface area contributed by atoms with Crippen molar-refractivity contribution in [2.24, 2.45) is 0 Å². The number of nitrogens with zero attached hydrogens (tertiary/aromatic N) is 1. The number of allylic oxidation sites excluding steroid dienone is 2. The summed E-state index contributed by atoms with van der Waals surface area (Å²) in [5.41, 5.74) is 4.80. The second-order valence-corrected chi connectivity index (χ2v) is 7.43. The maximum absolute atomic E-state index is 13.5. The molecule has 29 heavy (non-hydrogen) atoms. The minimum absolute atomic E-state index is 0.151. The smallest absolute Gasteiger partial charge is 0.187 e. The molecule has 0 bridgehead atoms. The fourth-order valence-electron chi connectivity index (χ4n) is 3.75. The van der Waals surface area contributed by atoms with Gasteiger partial charge in [0.15, 0.2) is 5.78 Å². The lowest BCUT2D eigenvalue weighted by Gasteiger charge is -2.22. The maximum Gasteiger partial charge on any atom is 0.187 e. The van der Waals surface area contributed by atoms with Crippen LogP contribution in [0.3, 0.4) is 0 Å². The number of methoxy groups -OCH3 is 2. The SMILES string of the molecule is COc1ccc(/C=C2/CCCC/C(=C(\c3ccc(OC)cc3)N(C)C)C2=O)cc1. The molecule has 0 N–H and O–H groups in total. The second-order valence-electron chi connectivity index (χ2n) is 7.43. The zero-order valence-electron chi connectivity index (χ0n) is 17.7. The highest BCUT2D eigenvalue weighted by molar-refractivity contribution is 6.14. The van der Waals surface area contributed by atoms with Gasteiger partial charge in [-0.1, -0.05) is 12.1 Å². The third-order valence-electron chi connectivity index (χ3n) is 5.24. The van der Waals surface area contributed by atoms with E-state index in [4.69, 9.17) is 9.47 Å². The lowest BCUT2D eigenvalue weighted by molar-refractivity contribution is -0.112. The average Bonchev–Trinajstić information content (AvgIpc) is 2.91. The van der Waals surface area contributed by atoms with Gasteiger partial charge in [0, 0.05) is 25.2 Å². The summed E-state index contributed by atoms with van der Waals surface area (Å²) in [6.45, 7) is 0. The molecule has 0 radical (unpaired) electrons. The standard InChI is InChI=1S/C25H29NO3/c1-26(2)24(19-11-15-22(29-4)16-12-19)23-8-6-5-7-20(25(23)27)17-18-9-13-21(28-3)14-10-18/h9-17H,5-8H2,1-4H3/b20-17-,24-23-. The van der Waals surface area contributed by atoms with Crippen LogP contribution < -0.4 is 9.47 Å². The molecule has 0 saturated heterocycles. The van der Waals surface area contributed by atoms with Crippen LogP contribution in [0.15, 0.2) is 59.7 Å². The molecule has 152 valence electrons. The van der Waals surface area contributed by atoms with E-state index >= 15 is 0 Å². The van der Waals surface area contributed by atoms with E-state index in [-0.39, 0.29) is 5.78 Å². The topological polar surface area (TPSA) is 38.8 Å². The van der Waals surface area contributed by atoms with Gasteiger partial charge in [-0.25, -0.2) is 0 Å². The van der Waals surface area contributed by atoms with Gasteiger partial charge in [0.2, 0.25) is 0 Å². The summed E-state index contributed by atoms with van der Waals surface area (Å²) in [6, 6.07) is 15.7. The van der Waals surface area contributed by atoms with Crippen LogP contribution in [0, 0.1) is 0 Å². The van der Waals surface area contributed by atoms with Gasteiger partial charge in [0.05, 0.1) is 19.9 Å². The first-order valence-corrected chi connectivity index (χ1v) is 9.97. The van der Waals surface area contributed by atoms with Crippen molar-refractivity contribution in [2.75, 3.05) is 28.3 Å². The van der Waals surface area contributed by atoms with Gasteiger partial charge in [-0.2, -0.15) is 0 Å². The molecule has 2 aromatic carbocycles. The molecule has 0 spiro atoms. The minimum atomic E-state index is 0.151. The van der Waals surface area contributed by atoms with Crippen molar-refractivity contribution >= 4 is 17.6 Å². The molecule has 2 aromatic rings. The summed E-state index contributed by atoms with van der Waals surface area (Å²) in [7, 11) is 7.31. The van der Waals surface area contributed by atoms with Crippen molar-refractivity contribution in [3.63, 3.8) is 0 Å². The van der Waals surface area contributed by atoms with Crippen molar-refractivity contribution < 1.29 is 14.3 Å². The normalized spacial score (nSPS) is 17.7. The number of ketones is 1. The van der Waals surface area contributed by atoms with Crippen LogP contribution in [0.5, 0.6) is 11.5 Å². The van der Waals surface area contributed by atoms with Crippen molar-refractivity contribution in [3.8, 4) is 11.5 Å². The predicted molar refractivity (Wildman–Crippen MR) is 118 cm³/mol. The molecule has 4 nitrogen and oxygen atoms in total. The second kappa shape index (κ2) is 9.46. The van der Waals surface area contributed by atoms with Gasteiger partial charge in [-0.3, -0.25) is 4.79 Å². The molecule has 4 heteroatoms. The van der Waals surface area contributed by atoms with Crippen LogP contribution in [0.25, 0.3) is 11.8 Å². The fourth-order valence-corrected chi connectivity index (χ4v) is 3.75. The van der Waals surface area contributed by atoms with E-state index in [9.17, 15) is 4.79 Å². The lowest BCUT2D eigenvalue weighted by atomic mass is 9.95. The molecule has 0 amide bonds. The zero-order valence-corrected chi connectivity index (χ0v) is 17.7. The molecule has 3 rings (SSSR count). The number of ether oxygens (including phenoxy) is 2. The number of benzene rings is 2. The fraction of sp³-hybridized carbons (Fsp3) is 0.320. The third kappa shape index (κ3) is 4.89. The van der Waals surface area contributed by atoms with Crippen LogP contribution >= 0.6 is 0 Å². The van der Waals surface area contributed by atoms with E-state index in [0.717, 1.165) is 65.2 Å². The summed E-state index contributed by atoms with van der Waals surface area (Å²) in [5, 5.41) is 0. The van der Waals surface area contributed by atoms with E-state index in [1.807, 2.05) is 73.6 Å². The Morgan fingerprint density at radius 1 is 0.862 bits per heavy atom. The number of hydrogen-bond donors (Lipinski definition) is 0. The first-order chi connectivity index (χ1) is 14.0. The Balaban J connectivity index is 2.02. The first kappa shape index (κ1) is 20.7. The van der Waals surface area contributed by atoms with Crippen LogP contribution in [-0.2, 0) is 4.79 Å². The molecule has 0 heterocycles. The molecule has 0 unspecified atom stereocenters. The quantitative estimate of drug-likeness (QED) is 0.518. The Labute approximate surface area is 173 Å². The van der Waals surface area contributed by atoms with Gasteiger partial charge < -0.3 is 14.4 Å². The minimum Gasteiger partial charge on any atom is -0.497 e. The molecule has 0 aromatic heterocycles. The van der Waals surface area contributed by atoms with Crippen molar-refractivity contribution in [2.45, 2.75) is 25.7 Å². The summed E-state index contributed by atoms with van der Waals surface area (Å²) in [4.78, 5) is 15.6. The molecule has 1 saturated carbocycles. The van der Waals surface area contributed by atoms with Gasteiger partial charge in [0.25, 0.3) is 0 Å². The molecule has 1 aliphatic rings. The van der Waals surface area contributed by atoms with E-state index in [1.165, 1.54) is 0 Å². The van der Waals surface area contributed by atoms with Crippen LogP contribution in [0.1, 0.15) is 36.8 Å². The lowest BCUT2D eigenvalue weighted by Crippen LogP contribution is -2.17. The number of rotatable bonds is 5. The molecule has 1 aliphatic carbocycles. The van der Waals surface area contributed by atoms with Gasteiger partial charge in [0.1, 0.15) is 11.5 Å². The molecular formula is C25H29NO3. The highest BCUT2D eigenvalue weighted by Gasteiger charge is 2.24. The van der Waals surface area contributed by atoms with Gasteiger partial charge in [-0.15, -0.1) is 0 Å². The number of carbonyl (C=O) groups is 1. The Morgan fingerprint density at radius 2 is 1.41 bits per heavy atom. The average molecular weight is 392 g/mol. The summed E-state index contributed by atoms with van der Waals surface area (Å²) in [6.07, 6.45) is 5.64. The highest BCUT2D eigenvalue weighted by Crippen LogP contribution is 2.32. The Kier molecular flexibility index (Phi) is 6.76. The van der Waals surface area contributed by atoms with E-state index in [2.05, 4.69) is 0 Å². The van der Waals surface area contributed by atoms with E-state index in [0.29, 0.717) is 0 Å². The van der Waals surface area contributed by atoms with E-state index < -0.39 is 0 Å². The van der Waals surface area contributed by atoms with Crippen LogP contribution in [0.2, 0.25) is 0 Å². The van der Waals surface area contributed by atoms with Crippen molar-refractivity contribution in [1.82, 2.24) is 4.90 Å². The monoisotopic (exact) mass is 391 g/mol. The number of Topliss-reactive ketones (excluding diaryl/α,β-unsaturated/α-hetero) is 1. The largest absolute Gasteiger partial charge is 0.497 e. The molecule has 1 fully saturated rings. The zero-order chi connectivity index (χ0) is 20.8. The van der Waals surface area contributed by atoms with Gasteiger partial charge in [-0.05, 0) is 79.3 Å². The van der Waals surface area contributed by atoms with E-state index in [1.54, 1.807) is 14.2 Å². The van der Waals surface area contributed by atoms with Crippen molar-refractivity contribution in [3.05, 3.63) is 70.8 Å². The predicted octanol–water partition coefficient (Wildman–Crippen LogP) is 5.20. The summed E-state index contributed by atoms with van der Waals surface area (Å²) >= 11 is 0. The highest BCUT2D eigenvalue weighted by atomic mass is 16.5. The van der Waals surface area contributed by atoms with Crippen LogP contribution in [0.4, 0.5) is 0 Å². The Morgan fingerprint density at radius 3 is 1.97 bits per heavy atom. The molecular weight excluding hydrogens is 362 g/mol. The number of hydrogen-bond acceptors (Lipinski definition) is 4.